The number of hydrogen-bond donors (Lipinski definition) is 7. The molecule has 0 saturated carbocycles. The van der Waals surface area contributed by atoms with E-state index in [9.17, 15) is 40.5 Å². The molecule has 0 aromatic rings. The Morgan fingerprint density at radius 2 is 0.912 bits per heavy atom. The molecule has 2 heterocycles. The third-order valence-corrected chi connectivity index (χ3v) is 12.9. The van der Waals surface area contributed by atoms with Gasteiger partial charge in [-0.1, -0.05) is 179 Å². The molecule has 0 radical (unpaired) electrons. The van der Waals surface area contributed by atoms with Crippen LogP contribution in [0.5, 0.6) is 0 Å². The SMILES string of the molecule is CCCCCCC/C=C\C/C=C\C/C=C\CCCCCCCCCCCCC(=O)OC(COCCCCCCCCCCC)COC1OC(COC2OC(CO)C(O)C(O)C2O)C(O)C(O)C1O. The number of unbranched alkanes of at least 4 members (excludes halogenated alkanes) is 23. The Balaban J connectivity index is 1.67. The number of aliphatic hydroxyl groups is 7. The maximum Gasteiger partial charge on any atom is 0.306 e. The molecule has 398 valence electrons. The van der Waals surface area contributed by atoms with Crippen molar-refractivity contribution in [2.75, 3.05) is 33.0 Å². The predicted octanol–water partition coefficient (Wildman–Crippen LogP) is 8.58. The van der Waals surface area contributed by atoms with Crippen molar-refractivity contribution in [3.63, 3.8) is 0 Å². The summed E-state index contributed by atoms with van der Waals surface area (Å²) in [6.07, 6.45) is 30.8. The van der Waals surface area contributed by atoms with Gasteiger partial charge in [0.2, 0.25) is 0 Å². The predicted molar refractivity (Wildman–Crippen MR) is 266 cm³/mol. The fourth-order valence-corrected chi connectivity index (χ4v) is 8.47. The van der Waals surface area contributed by atoms with Crippen LogP contribution in [0.15, 0.2) is 36.5 Å². The van der Waals surface area contributed by atoms with Gasteiger partial charge in [0.15, 0.2) is 12.6 Å². The van der Waals surface area contributed by atoms with Crippen LogP contribution in [-0.4, -0.2) is 142 Å². The lowest BCUT2D eigenvalue weighted by Gasteiger charge is -2.42. The van der Waals surface area contributed by atoms with E-state index >= 15 is 0 Å². The summed E-state index contributed by atoms with van der Waals surface area (Å²) < 4.78 is 34.2. The van der Waals surface area contributed by atoms with E-state index in [1.54, 1.807) is 0 Å². The van der Waals surface area contributed by atoms with Gasteiger partial charge in [0.1, 0.15) is 54.9 Å². The molecule has 0 aromatic heterocycles. The van der Waals surface area contributed by atoms with Crippen molar-refractivity contribution < 1.29 is 69.0 Å². The smallest absolute Gasteiger partial charge is 0.306 e. The van der Waals surface area contributed by atoms with Crippen LogP contribution in [0.25, 0.3) is 0 Å². The summed E-state index contributed by atoms with van der Waals surface area (Å²) in [5.41, 5.74) is 0. The topological polar surface area (TPSA) is 214 Å². The molecule has 2 aliphatic heterocycles. The van der Waals surface area contributed by atoms with Crippen LogP contribution in [0, 0.1) is 0 Å². The molecular weight excluding hydrogens is 873 g/mol. The maximum atomic E-state index is 13.0. The molecule has 2 rings (SSSR count). The van der Waals surface area contributed by atoms with Gasteiger partial charge in [0.05, 0.1) is 26.4 Å². The second-order valence-corrected chi connectivity index (χ2v) is 19.1. The van der Waals surface area contributed by atoms with E-state index in [0.29, 0.717) is 13.0 Å². The number of ether oxygens (including phenoxy) is 6. The molecule has 0 aromatic carbocycles. The first-order valence-corrected chi connectivity index (χ1v) is 27.1. The first-order chi connectivity index (χ1) is 33.1. The number of allylic oxidation sites excluding steroid dienone is 6. The molecular formula is C54H98O14. The van der Waals surface area contributed by atoms with Crippen LogP contribution in [0.4, 0.5) is 0 Å². The monoisotopic (exact) mass is 971 g/mol. The van der Waals surface area contributed by atoms with Gasteiger partial charge in [-0.25, -0.2) is 0 Å². The van der Waals surface area contributed by atoms with Crippen LogP contribution in [0.1, 0.15) is 200 Å². The number of esters is 1. The van der Waals surface area contributed by atoms with Gasteiger partial charge in [-0.3, -0.25) is 4.79 Å². The molecule has 2 saturated heterocycles. The van der Waals surface area contributed by atoms with E-state index < -0.39 is 80.7 Å². The highest BCUT2D eigenvalue weighted by atomic mass is 16.7. The van der Waals surface area contributed by atoms with Gasteiger partial charge < -0.3 is 64.2 Å². The Bertz CT molecular complexity index is 1260. The third kappa shape index (κ3) is 28.9. The average molecular weight is 971 g/mol. The second-order valence-electron chi connectivity index (χ2n) is 19.1. The first-order valence-electron chi connectivity index (χ1n) is 27.1. The third-order valence-electron chi connectivity index (χ3n) is 12.9. The van der Waals surface area contributed by atoms with Crippen molar-refractivity contribution in [1.29, 1.82) is 0 Å². The lowest BCUT2D eigenvalue weighted by atomic mass is 9.98. The van der Waals surface area contributed by atoms with Gasteiger partial charge in [-0.15, -0.1) is 0 Å². The average Bonchev–Trinajstić information content (AvgIpc) is 3.33. The lowest BCUT2D eigenvalue weighted by Crippen LogP contribution is -2.61. The number of carbonyl (C=O) groups is 1. The van der Waals surface area contributed by atoms with E-state index in [0.717, 1.165) is 57.8 Å². The fraction of sp³-hybridized carbons (Fsp3) is 0.870. The maximum absolute atomic E-state index is 13.0. The largest absolute Gasteiger partial charge is 0.457 e. The highest BCUT2D eigenvalue weighted by molar-refractivity contribution is 5.69. The van der Waals surface area contributed by atoms with Crippen molar-refractivity contribution in [1.82, 2.24) is 0 Å². The highest BCUT2D eigenvalue weighted by Gasteiger charge is 2.47. The number of hydrogen-bond acceptors (Lipinski definition) is 14. The van der Waals surface area contributed by atoms with Gasteiger partial charge in [0, 0.05) is 13.0 Å². The fourth-order valence-electron chi connectivity index (χ4n) is 8.47. The molecule has 0 spiro atoms. The lowest BCUT2D eigenvalue weighted by molar-refractivity contribution is -0.332. The summed E-state index contributed by atoms with van der Waals surface area (Å²) in [6, 6.07) is 0. The molecule has 14 nitrogen and oxygen atoms in total. The Labute approximate surface area is 410 Å². The molecule has 68 heavy (non-hydrogen) atoms. The Hall–Kier alpha value is -1.79. The zero-order valence-electron chi connectivity index (χ0n) is 42.3. The Morgan fingerprint density at radius 3 is 1.43 bits per heavy atom. The number of carbonyl (C=O) groups excluding carboxylic acids is 1. The minimum Gasteiger partial charge on any atom is -0.457 e. The van der Waals surface area contributed by atoms with E-state index in [-0.39, 0.29) is 25.6 Å². The van der Waals surface area contributed by atoms with E-state index in [1.807, 2.05) is 0 Å². The summed E-state index contributed by atoms with van der Waals surface area (Å²) >= 11 is 0. The van der Waals surface area contributed by atoms with Gasteiger partial charge in [-0.2, -0.15) is 0 Å². The van der Waals surface area contributed by atoms with Crippen molar-refractivity contribution in [3.8, 4) is 0 Å². The van der Waals surface area contributed by atoms with Crippen molar-refractivity contribution in [3.05, 3.63) is 36.5 Å². The van der Waals surface area contributed by atoms with Gasteiger partial charge >= 0.3 is 5.97 Å². The minimum absolute atomic E-state index is 0.0619. The van der Waals surface area contributed by atoms with Crippen LogP contribution in [-0.2, 0) is 33.2 Å². The van der Waals surface area contributed by atoms with Crippen LogP contribution in [0.3, 0.4) is 0 Å². The van der Waals surface area contributed by atoms with Crippen molar-refractivity contribution in [2.24, 2.45) is 0 Å². The molecule has 0 amide bonds. The molecule has 11 atom stereocenters. The van der Waals surface area contributed by atoms with Crippen LogP contribution < -0.4 is 0 Å². The molecule has 2 fully saturated rings. The summed E-state index contributed by atoms with van der Waals surface area (Å²) in [6.45, 7) is 3.66. The number of rotatable bonds is 43. The normalized spacial score (nSPS) is 26.1. The van der Waals surface area contributed by atoms with Gasteiger partial charge in [-0.05, 0) is 51.4 Å². The molecule has 7 N–H and O–H groups in total. The number of aliphatic hydroxyl groups excluding tert-OH is 7. The van der Waals surface area contributed by atoms with Crippen LogP contribution in [0.2, 0.25) is 0 Å². The first kappa shape index (κ1) is 62.3. The Morgan fingerprint density at radius 1 is 0.485 bits per heavy atom. The zero-order valence-corrected chi connectivity index (χ0v) is 42.3. The van der Waals surface area contributed by atoms with Crippen molar-refractivity contribution >= 4 is 5.97 Å². The van der Waals surface area contributed by atoms with Gasteiger partial charge in [0.25, 0.3) is 0 Å². The summed E-state index contributed by atoms with van der Waals surface area (Å²) in [5.74, 6) is -0.380. The van der Waals surface area contributed by atoms with E-state index in [2.05, 4.69) is 50.3 Å². The summed E-state index contributed by atoms with van der Waals surface area (Å²) in [7, 11) is 0. The quantitative estimate of drug-likeness (QED) is 0.0173. The molecule has 11 unspecified atom stereocenters. The van der Waals surface area contributed by atoms with Crippen molar-refractivity contribution in [2.45, 2.75) is 268 Å². The Kier molecular flexibility index (Phi) is 38.3. The molecule has 0 aliphatic carbocycles. The molecule has 2 aliphatic rings. The summed E-state index contributed by atoms with van der Waals surface area (Å²) in [5, 5.41) is 72.1. The van der Waals surface area contributed by atoms with Crippen LogP contribution >= 0.6 is 0 Å². The molecule has 14 heteroatoms. The van der Waals surface area contributed by atoms with E-state index in [4.69, 9.17) is 28.4 Å². The zero-order chi connectivity index (χ0) is 49.5. The second kappa shape index (κ2) is 41.8. The highest BCUT2D eigenvalue weighted by Crippen LogP contribution is 2.26. The standard InChI is InChI=1S/C54H98O14/c1-3-5-7-9-11-13-14-15-16-17-18-19-20-21-22-23-24-25-26-27-28-29-31-33-35-37-46(56)66-43(40-63-38-36-34-32-30-12-10-8-6-4-2)41-64-53-52(62)50(60)48(58)45(68-53)42-65-54-51(61)49(59)47(57)44(39-55)67-54/h14-15,17-18,20-21,43-45,47-55,57-62H,3-13,16,19,22-42H2,1-2H3/b15-14-,18-17-,21-20-. The van der Waals surface area contributed by atoms with E-state index in [1.165, 1.54) is 116 Å². The molecule has 0 bridgehead atoms. The minimum atomic E-state index is -1.70. The summed E-state index contributed by atoms with van der Waals surface area (Å²) in [4.78, 5) is 13.0.